The quantitative estimate of drug-likeness (QED) is 0.838. The van der Waals surface area contributed by atoms with E-state index in [0.717, 1.165) is 30.9 Å². The monoisotopic (exact) mass is 307 g/mol. The zero-order chi connectivity index (χ0) is 15.4. The van der Waals surface area contributed by atoms with E-state index in [0.29, 0.717) is 12.8 Å². The van der Waals surface area contributed by atoms with Gasteiger partial charge in [-0.05, 0) is 54.1 Å². The van der Waals surface area contributed by atoms with Crippen LogP contribution >= 0.6 is 0 Å². The topological polar surface area (TPSA) is 21.7 Å². The Hall–Kier alpha value is -2.00. The number of rotatable bonds is 2. The molecule has 1 aliphatic carbocycles. The molecular weight excluding hydrogens is 286 g/mol. The molecule has 2 heterocycles. The van der Waals surface area contributed by atoms with E-state index in [-0.39, 0.29) is 0 Å². The van der Waals surface area contributed by atoms with Crippen LogP contribution in [0.15, 0.2) is 30.3 Å². The van der Waals surface area contributed by atoms with Crippen LogP contribution in [0.1, 0.15) is 36.1 Å². The Bertz CT molecular complexity index is 783. The van der Waals surface area contributed by atoms with Crippen molar-refractivity contribution in [3.05, 3.63) is 47.0 Å². The van der Waals surface area contributed by atoms with Gasteiger partial charge in [0, 0.05) is 18.2 Å². The highest BCUT2D eigenvalue weighted by Crippen LogP contribution is 2.53. The summed E-state index contributed by atoms with van der Waals surface area (Å²) in [6, 6.07) is 11.5. The van der Waals surface area contributed by atoms with Crippen LogP contribution in [0.5, 0.6) is 11.5 Å². The third kappa shape index (κ3) is 1.86. The Morgan fingerprint density at radius 3 is 3.00 bits per heavy atom. The highest BCUT2D eigenvalue weighted by atomic mass is 16.7. The average molecular weight is 307 g/mol. The van der Waals surface area contributed by atoms with Gasteiger partial charge in [0.15, 0.2) is 11.5 Å². The van der Waals surface area contributed by atoms with Crippen molar-refractivity contribution in [1.29, 1.82) is 0 Å². The minimum Gasteiger partial charge on any atom is -0.454 e. The molecular formula is C20H21NO2. The van der Waals surface area contributed by atoms with Gasteiger partial charge in [0.1, 0.15) is 0 Å². The van der Waals surface area contributed by atoms with Gasteiger partial charge in [0.25, 0.3) is 0 Å². The van der Waals surface area contributed by atoms with Gasteiger partial charge >= 0.3 is 0 Å². The van der Waals surface area contributed by atoms with Crippen molar-refractivity contribution in [3.8, 4) is 22.6 Å². The second-order valence-electron chi connectivity index (χ2n) is 6.72. The fraction of sp³-hybridized carbons (Fsp3) is 0.400. The summed E-state index contributed by atoms with van der Waals surface area (Å²) in [5.41, 5.74) is 7.01. The van der Waals surface area contributed by atoms with Gasteiger partial charge in [0.2, 0.25) is 6.79 Å². The van der Waals surface area contributed by atoms with Crippen molar-refractivity contribution in [2.75, 3.05) is 19.9 Å². The van der Waals surface area contributed by atoms with Crippen LogP contribution < -0.4 is 9.47 Å². The molecule has 5 rings (SSSR count). The van der Waals surface area contributed by atoms with Gasteiger partial charge in [-0.2, -0.15) is 0 Å². The molecule has 2 aromatic rings. The highest BCUT2D eigenvalue weighted by molar-refractivity contribution is 5.83. The number of benzene rings is 2. The molecule has 0 bridgehead atoms. The molecule has 3 aliphatic rings. The molecule has 0 unspecified atom stereocenters. The highest BCUT2D eigenvalue weighted by Gasteiger charge is 2.38. The lowest BCUT2D eigenvalue weighted by Gasteiger charge is -2.41. The van der Waals surface area contributed by atoms with Crippen LogP contribution in [0.25, 0.3) is 11.1 Å². The number of nitrogens with zero attached hydrogens (tertiary/aromatic N) is 1. The minimum atomic E-state index is 0.344. The fourth-order valence-corrected chi connectivity index (χ4v) is 4.50. The van der Waals surface area contributed by atoms with Crippen LogP contribution in [0.2, 0.25) is 0 Å². The molecule has 0 fully saturated rings. The summed E-state index contributed by atoms with van der Waals surface area (Å²) in [4.78, 5) is 2.66. The van der Waals surface area contributed by atoms with Crippen molar-refractivity contribution >= 4 is 0 Å². The molecule has 1 atom stereocenters. The first kappa shape index (κ1) is 13.4. The Morgan fingerprint density at radius 2 is 2.09 bits per heavy atom. The predicted molar refractivity (Wildman–Crippen MR) is 90.0 cm³/mol. The largest absolute Gasteiger partial charge is 0.454 e. The zero-order valence-electron chi connectivity index (χ0n) is 13.5. The molecule has 0 aromatic heterocycles. The first-order chi connectivity index (χ1) is 11.4. The second kappa shape index (κ2) is 5.00. The minimum absolute atomic E-state index is 0.344. The first-order valence-corrected chi connectivity index (χ1v) is 8.64. The van der Waals surface area contributed by atoms with Crippen LogP contribution in [-0.2, 0) is 12.8 Å². The lowest BCUT2D eigenvalue weighted by molar-refractivity contribution is 0.173. The standard InChI is InChI=1S/C20H21NO2/c1-2-8-21-9-7-14-11-17-20(23-12-22-17)19-15-6-4-3-5-13(15)10-16(21)18(14)19/h3-6,11,16H,2,7-10,12H2,1H3/t16-/m0/s1. The molecule has 0 radical (unpaired) electrons. The van der Waals surface area contributed by atoms with E-state index in [1.807, 2.05) is 0 Å². The first-order valence-electron chi connectivity index (χ1n) is 8.64. The Labute approximate surface area is 136 Å². The summed E-state index contributed by atoms with van der Waals surface area (Å²) >= 11 is 0. The molecule has 118 valence electrons. The SMILES string of the molecule is CCCN1CCc2cc3c(c4c2[C@@H]1Cc1ccccc1-4)OCO3. The lowest BCUT2D eigenvalue weighted by atomic mass is 9.76. The molecule has 0 spiro atoms. The van der Waals surface area contributed by atoms with Crippen molar-refractivity contribution in [2.45, 2.75) is 32.2 Å². The maximum atomic E-state index is 5.88. The number of hydrogen-bond acceptors (Lipinski definition) is 3. The van der Waals surface area contributed by atoms with Crippen LogP contribution in [0.4, 0.5) is 0 Å². The van der Waals surface area contributed by atoms with Gasteiger partial charge in [-0.3, -0.25) is 4.90 Å². The third-order valence-electron chi connectivity index (χ3n) is 5.44. The van der Waals surface area contributed by atoms with Crippen molar-refractivity contribution in [3.63, 3.8) is 0 Å². The second-order valence-corrected chi connectivity index (χ2v) is 6.72. The normalized spacial score (nSPS) is 21.0. The van der Waals surface area contributed by atoms with Gasteiger partial charge < -0.3 is 9.47 Å². The van der Waals surface area contributed by atoms with Crippen LogP contribution in [0.3, 0.4) is 0 Å². The summed E-state index contributed by atoms with van der Waals surface area (Å²) in [5, 5.41) is 0. The molecule has 23 heavy (non-hydrogen) atoms. The van der Waals surface area contributed by atoms with Crippen LogP contribution in [-0.4, -0.2) is 24.8 Å². The molecule has 2 aliphatic heterocycles. The Balaban J connectivity index is 1.79. The number of ether oxygens (including phenoxy) is 2. The van der Waals surface area contributed by atoms with E-state index in [2.05, 4.69) is 42.2 Å². The van der Waals surface area contributed by atoms with Gasteiger partial charge in [-0.1, -0.05) is 31.2 Å². The number of fused-ring (bicyclic) bond motifs is 4. The van der Waals surface area contributed by atoms with E-state index >= 15 is 0 Å². The molecule has 0 saturated carbocycles. The van der Waals surface area contributed by atoms with Crippen molar-refractivity contribution in [2.24, 2.45) is 0 Å². The van der Waals surface area contributed by atoms with E-state index in [9.17, 15) is 0 Å². The molecule has 0 amide bonds. The summed E-state index contributed by atoms with van der Waals surface area (Å²) in [6.45, 7) is 4.93. The summed E-state index contributed by atoms with van der Waals surface area (Å²) in [5.74, 6) is 1.89. The summed E-state index contributed by atoms with van der Waals surface area (Å²) in [7, 11) is 0. The van der Waals surface area contributed by atoms with Crippen molar-refractivity contribution < 1.29 is 9.47 Å². The molecule has 2 aromatic carbocycles. The van der Waals surface area contributed by atoms with E-state index in [1.165, 1.54) is 40.8 Å². The van der Waals surface area contributed by atoms with Gasteiger partial charge in [0.05, 0.1) is 0 Å². The Morgan fingerprint density at radius 1 is 1.17 bits per heavy atom. The van der Waals surface area contributed by atoms with Gasteiger partial charge in [-0.25, -0.2) is 0 Å². The lowest BCUT2D eigenvalue weighted by Crippen LogP contribution is -2.38. The Kier molecular flexibility index (Phi) is 2.92. The molecule has 3 nitrogen and oxygen atoms in total. The van der Waals surface area contributed by atoms with Crippen molar-refractivity contribution in [1.82, 2.24) is 4.90 Å². The average Bonchev–Trinajstić information content (AvgIpc) is 3.05. The molecule has 0 saturated heterocycles. The zero-order valence-corrected chi connectivity index (χ0v) is 13.5. The van der Waals surface area contributed by atoms with E-state index in [4.69, 9.17) is 9.47 Å². The van der Waals surface area contributed by atoms with E-state index in [1.54, 1.807) is 0 Å². The van der Waals surface area contributed by atoms with Gasteiger partial charge in [-0.15, -0.1) is 0 Å². The predicted octanol–water partition coefficient (Wildman–Crippen LogP) is 3.95. The summed E-state index contributed by atoms with van der Waals surface area (Å²) in [6.07, 6.45) is 3.42. The maximum Gasteiger partial charge on any atom is 0.231 e. The smallest absolute Gasteiger partial charge is 0.231 e. The fourth-order valence-electron chi connectivity index (χ4n) is 4.50. The summed E-state index contributed by atoms with van der Waals surface area (Å²) < 4.78 is 11.6. The molecule has 0 N–H and O–H groups in total. The van der Waals surface area contributed by atoms with E-state index < -0.39 is 0 Å². The van der Waals surface area contributed by atoms with Crippen LogP contribution in [0, 0.1) is 0 Å². The third-order valence-corrected chi connectivity index (χ3v) is 5.44. The molecule has 3 heteroatoms. The maximum absolute atomic E-state index is 5.88. The number of hydrogen-bond donors (Lipinski definition) is 0.